The minimum absolute atomic E-state index is 0.155. The predicted octanol–water partition coefficient (Wildman–Crippen LogP) is 3.18. The molecule has 0 fully saturated rings. The highest BCUT2D eigenvalue weighted by atomic mass is 32.1. The maximum Gasteiger partial charge on any atom is 0.255 e. The van der Waals surface area contributed by atoms with Crippen molar-refractivity contribution in [2.75, 3.05) is 24.3 Å². The van der Waals surface area contributed by atoms with E-state index in [1.165, 1.54) is 0 Å². The number of para-hydroxylation sites is 1. The van der Waals surface area contributed by atoms with Gasteiger partial charge in [0.05, 0.1) is 11.6 Å². The Morgan fingerprint density at radius 3 is 2.35 bits per heavy atom. The monoisotopic (exact) mass is 366 g/mol. The number of rotatable bonds is 4. The predicted molar refractivity (Wildman–Crippen MR) is 110 cm³/mol. The van der Waals surface area contributed by atoms with Gasteiger partial charge in [-0.15, -0.1) is 0 Å². The van der Waals surface area contributed by atoms with Gasteiger partial charge in [-0.3, -0.25) is 4.79 Å². The topological polar surface area (TPSA) is 56.4 Å². The summed E-state index contributed by atoms with van der Waals surface area (Å²) in [5, 5.41) is 9.75. The molecule has 0 aliphatic carbocycles. The number of nitrogens with zero attached hydrogens (tertiary/aromatic N) is 1. The van der Waals surface area contributed by atoms with Crippen molar-refractivity contribution in [3.8, 4) is 0 Å². The highest BCUT2D eigenvalue weighted by molar-refractivity contribution is 7.80. The van der Waals surface area contributed by atoms with Crippen molar-refractivity contribution in [2.45, 2.75) is 13.0 Å². The third kappa shape index (κ3) is 3.86. The summed E-state index contributed by atoms with van der Waals surface area (Å²) in [6, 6.07) is 17.2. The van der Waals surface area contributed by atoms with Crippen LogP contribution in [0.15, 0.2) is 65.9 Å². The van der Waals surface area contributed by atoms with Crippen LogP contribution < -0.4 is 20.9 Å². The van der Waals surface area contributed by atoms with Crippen molar-refractivity contribution < 1.29 is 4.79 Å². The molecule has 0 saturated carbocycles. The van der Waals surface area contributed by atoms with Gasteiger partial charge in [0, 0.05) is 31.2 Å². The van der Waals surface area contributed by atoms with E-state index in [2.05, 4.69) is 16.0 Å². The van der Waals surface area contributed by atoms with Crippen LogP contribution in [-0.2, 0) is 4.79 Å². The number of hydrogen-bond acceptors (Lipinski definition) is 3. The number of anilines is 2. The molecule has 1 atom stereocenters. The molecule has 0 saturated heterocycles. The standard InChI is InChI=1S/C20H22N4OS/c1-13-17(19(25)22-15-7-5-4-6-8-15)18(23-20(26)21-13)14-9-11-16(12-10-14)24(2)3/h4-12,18H,1-3H3,(H,22,25)(H2,21,23,26)/t18-/m0/s1. The molecule has 1 amide bonds. The van der Waals surface area contributed by atoms with E-state index in [-0.39, 0.29) is 11.9 Å². The van der Waals surface area contributed by atoms with E-state index >= 15 is 0 Å². The van der Waals surface area contributed by atoms with E-state index in [1.807, 2.05) is 80.5 Å². The second-order valence-corrected chi connectivity index (χ2v) is 6.78. The first-order valence-corrected chi connectivity index (χ1v) is 8.78. The summed E-state index contributed by atoms with van der Waals surface area (Å²) in [5.74, 6) is -0.155. The van der Waals surface area contributed by atoms with Gasteiger partial charge in [-0.1, -0.05) is 30.3 Å². The Kier molecular flexibility index (Phi) is 5.23. The van der Waals surface area contributed by atoms with E-state index in [9.17, 15) is 4.79 Å². The lowest BCUT2D eigenvalue weighted by atomic mass is 9.94. The molecule has 1 aliphatic heterocycles. The van der Waals surface area contributed by atoms with Crippen LogP contribution in [0.3, 0.4) is 0 Å². The fourth-order valence-corrected chi connectivity index (χ4v) is 3.20. The SMILES string of the molecule is CC1=C(C(=O)Nc2ccccc2)[C@H](c2ccc(N(C)C)cc2)NC(=S)N1. The van der Waals surface area contributed by atoms with Gasteiger partial charge in [-0.05, 0) is 49.0 Å². The fourth-order valence-electron chi connectivity index (χ4n) is 2.93. The maximum absolute atomic E-state index is 12.9. The summed E-state index contributed by atoms with van der Waals surface area (Å²) in [6.45, 7) is 1.87. The summed E-state index contributed by atoms with van der Waals surface area (Å²) in [4.78, 5) is 15.0. The Morgan fingerprint density at radius 1 is 1.08 bits per heavy atom. The lowest BCUT2D eigenvalue weighted by molar-refractivity contribution is -0.113. The van der Waals surface area contributed by atoms with Crippen LogP contribution in [0.5, 0.6) is 0 Å². The summed E-state index contributed by atoms with van der Waals surface area (Å²) in [6.07, 6.45) is 0. The normalized spacial score (nSPS) is 16.6. The molecular weight excluding hydrogens is 344 g/mol. The van der Waals surface area contributed by atoms with Crippen molar-refractivity contribution in [3.05, 3.63) is 71.4 Å². The Labute approximate surface area is 159 Å². The average Bonchev–Trinajstić information content (AvgIpc) is 2.61. The van der Waals surface area contributed by atoms with Gasteiger partial charge in [0.15, 0.2) is 5.11 Å². The molecule has 134 valence electrons. The van der Waals surface area contributed by atoms with Crippen LogP contribution in [0.2, 0.25) is 0 Å². The fraction of sp³-hybridized carbons (Fsp3) is 0.200. The Bertz CT molecular complexity index is 844. The van der Waals surface area contributed by atoms with Gasteiger partial charge in [-0.2, -0.15) is 0 Å². The lowest BCUT2D eigenvalue weighted by Crippen LogP contribution is -2.45. The number of amides is 1. The molecule has 3 rings (SSSR count). The molecule has 1 heterocycles. The Balaban J connectivity index is 1.92. The van der Waals surface area contributed by atoms with Gasteiger partial charge in [0.25, 0.3) is 5.91 Å². The number of carbonyl (C=O) groups is 1. The highest BCUT2D eigenvalue weighted by Gasteiger charge is 2.29. The Morgan fingerprint density at radius 2 is 1.73 bits per heavy atom. The first-order chi connectivity index (χ1) is 12.5. The van der Waals surface area contributed by atoms with Crippen LogP contribution in [-0.4, -0.2) is 25.1 Å². The maximum atomic E-state index is 12.9. The van der Waals surface area contributed by atoms with E-state index in [1.54, 1.807) is 0 Å². The van der Waals surface area contributed by atoms with Gasteiger partial charge < -0.3 is 20.9 Å². The van der Waals surface area contributed by atoms with Gasteiger partial charge >= 0.3 is 0 Å². The first-order valence-electron chi connectivity index (χ1n) is 8.37. The zero-order valence-electron chi connectivity index (χ0n) is 15.0. The van der Waals surface area contributed by atoms with Gasteiger partial charge in [-0.25, -0.2) is 0 Å². The molecule has 1 aliphatic rings. The van der Waals surface area contributed by atoms with Gasteiger partial charge in [0.2, 0.25) is 0 Å². The van der Waals surface area contributed by atoms with E-state index in [0.29, 0.717) is 10.7 Å². The molecule has 5 nitrogen and oxygen atoms in total. The molecule has 0 bridgehead atoms. The summed E-state index contributed by atoms with van der Waals surface area (Å²) in [7, 11) is 3.99. The summed E-state index contributed by atoms with van der Waals surface area (Å²) >= 11 is 5.30. The molecule has 0 radical (unpaired) electrons. The third-order valence-corrected chi connectivity index (χ3v) is 4.51. The molecular formula is C20H22N4OS. The number of nitrogens with one attached hydrogen (secondary N) is 3. The molecule has 0 unspecified atom stereocenters. The Hall–Kier alpha value is -2.86. The van der Waals surface area contributed by atoms with Crippen LogP contribution in [0.25, 0.3) is 0 Å². The van der Waals surface area contributed by atoms with Crippen molar-refractivity contribution in [1.29, 1.82) is 0 Å². The van der Waals surface area contributed by atoms with Crippen molar-refractivity contribution in [1.82, 2.24) is 10.6 Å². The molecule has 0 aromatic heterocycles. The second-order valence-electron chi connectivity index (χ2n) is 6.38. The molecule has 0 spiro atoms. The minimum atomic E-state index is -0.302. The highest BCUT2D eigenvalue weighted by Crippen LogP contribution is 2.29. The summed E-state index contributed by atoms with van der Waals surface area (Å²) < 4.78 is 0. The molecule has 2 aromatic rings. The zero-order valence-corrected chi connectivity index (χ0v) is 15.9. The van der Waals surface area contributed by atoms with Crippen molar-refractivity contribution >= 4 is 34.6 Å². The largest absolute Gasteiger partial charge is 0.378 e. The molecule has 6 heteroatoms. The second kappa shape index (κ2) is 7.58. The van der Waals surface area contributed by atoms with E-state index in [4.69, 9.17) is 12.2 Å². The van der Waals surface area contributed by atoms with Crippen LogP contribution in [0.1, 0.15) is 18.5 Å². The molecule has 26 heavy (non-hydrogen) atoms. The quantitative estimate of drug-likeness (QED) is 0.726. The van der Waals surface area contributed by atoms with Crippen LogP contribution in [0.4, 0.5) is 11.4 Å². The minimum Gasteiger partial charge on any atom is -0.378 e. The smallest absolute Gasteiger partial charge is 0.255 e. The summed E-state index contributed by atoms with van der Waals surface area (Å²) in [5.41, 5.74) is 4.22. The molecule has 2 aromatic carbocycles. The van der Waals surface area contributed by atoms with E-state index in [0.717, 1.165) is 22.6 Å². The average molecular weight is 366 g/mol. The van der Waals surface area contributed by atoms with Crippen LogP contribution in [0, 0.1) is 0 Å². The molecule has 3 N–H and O–H groups in total. The number of allylic oxidation sites excluding steroid dienone is 1. The number of carbonyl (C=O) groups excluding carboxylic acids is 1. The number of benzene rings is 2. The van der Waals surface area contributed by atoms with Crippen molar-refractivity contribution in [2.24, 2.45) is 0 Å². The van der Waals surface area contributed by atoms with Crippen LogP contribution >= 0.6 is 12.2 Å². The first kappa shape index (κ1) is 17.9. The lowest BCUT2D eigenvalue weighted by Gasteiger charge is -2.30. The number of thiocarbonyl (C=S) groups is 1. The van der Waals surface area contributed by atoms with Crippen molar-refractivity contribution in [3.63, 3.8) is 0 Å². The third-order valence-electron chi connectivity index (χ3n) is 4.29. The number of hydrogen-bond donors (Lipinski definition) is 3. The van der Waals surface area contributed by atoms with Gasteiger partial charge in [0.1, 0.15) is 0 Å². The zero-order chi connectivity index (χ0) is 18.7. The van der Waals surface area contributed by atoms with E-state index < -0.39 is 0 Å².